The van der Waals surface area contributed by atoms with Gasteiger partial charge < -0.3 is 24.8 Å². The number of hydrogen-bond donors (Lipinski definition) is 3. The van der Waals surface area contributed by atoms with Crippen molar-refractivity contribution in [3.63, 3.8) is 0 Å². The third kappa shape index (κ3) is 8.79. The van der Waals surface area contributed by atoms with Crippen LogP contribution in [0.5, 0.6) is 0 Å². The number of carbonyl (C=O) groups is 3. The molecule has 0 spiro atoms. The standard InChI is InChI=1S/C45H59N5O5/c1-10-13-14-15-16-17-18-19-22-46-44(52)41-42-32(20-21-39(51)54-8)28(6)35(49-42)23-33-26(4)30(11-2)37(47-33)24-34-27(5)31(12-3)38(48-34)25-36-29(7)40(43(41)50-36)45(53)55-9/h11,23-25,28,32,47-48H,2,10,12-22H2,1,3-9H3,(H,46,52)/t28-,32-/m0/s1. The van der Waals surface area contributed by atoms with Crippen molar-refractivity contribution in [2.45, 2.75) is 124 Å². The van der Waals surface area contributed by atoms with Crippen molar-refractivity contribution >= 4 is 57.1 Å². The van der Waals surface area contributed by atoms with Crippen LogP contribution in [0.1, 0.15) is 159 Å². The van der Waals surface area contributed by atoms with E-state index in [1.165, 1.54) is 46.3 Å². The molecule has 294 valence electrons. The second kappa shape index (κ2) is 18.6. The van der Waals surface area contributed by atoms with Gasteiger partial charge in [-0.15, -0.1) is 0 Å². The van der Waals surface area contributed by atoms with E-state index in [9.17, 15) is 14.4 Å². The van der Waals surface area contributed by atoms with Gasteiger partial charge in [-0.2, -0.15) is 0 Å². The average molecular weight is 750 g/mol. The van der Waals surface area contributed by atoms with Crippen LogP contribution in [0.2, 0.25) is 0 Å². The molecule has 0 saturated carbocycles. The first-order chi connectivity index (χ1) is 26.5. The lowest BCUT2D eigenvalue weighted by Crippen LogP contribution is -2.28. The Hall–Kier alpha value is -4.99. The molecule has 2 aliphatic heterocycles. The van der Waals surface area contributed by atoms with Crippen molar-refractivity contribution in [2.75, 3.05) is 20.8 Å². The van der Waals surface area contributed by atoms with E-state index in [1.807, 2.05) is 25.1 Å². The Bertz CT molecular complexity index is 2140. The smallest absolute Gasteiger partial charge is 0.340 e. The Morgan fingerprint density at radius 2 is 1.53 bits per heavy atom. The molecular formula is C45H59N5O5. The number of H-pyrrole nitrogens is 2. The summed E-state index contributed by atoms with van der Waals surface area (Å²) in [7, 11) is 2.71. The van der Waals surface area contributed by atoms with E-state index in [4.69, 9.17) is 19.4 Å². The van der Waals surface area contributed by atoms with E-state index in [1.54, 1.807) is 0 Å². The fourth-order valence-corrected chi connectivity index (χ4v) is 8.07. The van der Waals surface area contributed by atoms with Gasteiger partial charge in [-0.25, -0.2) is 9.78 Å². The van der Waals surface area contributed by atoms with Gasteiger partial charge in [0.15, 0.2) is 0 Å². The zero-order valence-corrected chi connectivity index (χ0v) is 34.1. The highest BCUT2D eigenvalue weighted by Crippen LogP contribution is 2.44. The Balaban J connectivity index is 1.81. The van der Waals surface area contributed by atoms with Gasteiger partial charge in [0, 0.05) is 58.1 Å². The van der Waals surface area contributed by atoms with Crippen molar-refractivity contribution < 1.29 is 23.9 Å². The van der Waals surface area contributed by atoms with Crippen LogP contribution in [0.3, 0.4) is 0 Å². The van der Waals surface area contributed by atoms with Crippen molar-refractivity contribution in [2.24, 2.45) is 0 Å². The third-order valence-corrected chi connectivity index (χ3v) is 11.4. The Morgan fingerprint density at radius 3 is 2.18 bits per heavy atom. The minimum atomic E-state index is -0.585. The summed E-state index contributed by atoms with van der Waals surface area (Å²) in [5, 5.41) is 3.17. The predicted octanol–water partition coefficient (Wildman–Crippen LogP) is 9.95. The van der Waals surface area contributed by atoms with Crippen LogP contribution in [0.4, 0.5) is 0 Å². The number of hydrogen-bond acceptors (Lipinski definition) is 7. The lowest BCUT2D eigenvalue weighted by molar-refractivity contribution is -0.140. The molecule has 55 heavy (non-hydrogen) atoms. The molecular weight excluding hydrogens is 691 g/mol. The quantitative estimate of drug-likeness (QED) is 0.0979. The summed E-state index contributed by atoms with van der Waals surface area (Å²) in [5.74, 6) is -1.82. The molecule has 5 heterocycles. The maximum absolute atomic E-state index is 14.7. The number of unbranched alkanes of at least 4 members (excludes halogenated alkanes) is 7. The lowest BCUT2D eigenvalue weighted by Gasteiger charge is -2.18. The lowest BCUT2D eigenvalue weighted by atomic mass is 9.85. The van der Waals surface area contributed by atoms with Crippen LogP contribution in [-0.2, 0) is 25.5 Å². The number of carbonyl (C=O) groups excluding carboxylic acids is 3. The van der Waals surface area contributed by atoms with Crippen LogP contribution < -0.4 is 5.32 Å². The third-order valence-electron chi connectivity index (χ3n) is 11.4. The second-order valence-electron chi connectivity index (χ2n) is 14.9. The Morgan fingerprint density at radius 1 is 0.855 bits per heavy atom. The highest BCUT2D eigenvalue weighted by atomic mass is 16.5. The predicted molar refractivity (Wildman–Crippen MR) is 222 cm³/mol. The summed E-state index contributed by atoms with van der Waals surface area (Å²) < 4.78 is 10.4. The van der Waals surface area contributed by atoms with Gasteiger partial charge in [-0.05, 0) is 80.5 Å². The molecule has 5 rings (SSSR count). The summed E-state index contributed by atoms with van der Waals surface area (Å²) in [6.45, 7) is 17.0. The molecule has 10 heteroatoms. The van der Waals surface area contributed by atoms with Gasteiger partial charge in [0.1, 0.15) is 0 Å². The van der Waals surface area contributed by atoms with Gasteiger partial charge in [0.05, 0.1) is 42.4 Å². The topological polar surface area (TPSA) is 139 Å². The number of methoxy groups -OCH3 is 2. The number of ether oxygens (including phenoxy) is 2. The van der Waals surface area contributed by atoms with E-state index in [2.05, 4.69) is 62.5 Å². The molecule has 0 radical (unpaired) electrons. The number of amides is 1. The van der Waals surface area contributed by atoms with Crippen LogP contribution in [0.15, 0.2) is 24.8 Å². The summed E-state index contributed by atoms with van der Waals surface area (Å²) in [4.78, 5) is 58.5. The minimum Gasteiger partial charge on any atom is -0.469 e. The maximum Gasteiger partial charge on any atom is 0.340 e. The van der Waals surface area contributed by atoms with Crippen LogP contribution in [-0.4, -0.2) is 58.5 Å². The summed E-state index contributed by atoms with van der Waals surface area (Å²) in [5.41, 5.74) is 10.9. The molecule has 1 amide bonds. The minimum absolute atomic E-state index is 0.136. The first kappa shape index (κ1) is 41.2. The van der Waals surface area contributed by atoms with Crippen molar-refractivity contribution in [3.8, 4) is 0 Å². The first-order valence-electron chi connectivity index (χ1n) is 20.0. The Kier molecular flexibility index (Phi) is 13.9. The van der Waals surface area contributed by atoms with E-state index in [0.717, 1.165) is 75.7 Å². The van der Waals surface area contributed by atoms with Gasteiger partial charge >= 0.3 is 11.9 Å². The van der Waals surface area contributed by atoms with Crippen LogP contribution >= 0.6 is 0 Å². The van der Waals surface area contributed by atoms with E-state index < -0.39 is 5.97 Å². The van der Waals surface area contributed by atoms with Crippen LogP contribution in [0, 0.1) is 13.8 Å². The fraction of sp³-hybridized carbons (Fsp3) is 0.489. The summed E-state index contributed by atoms with van der Waals surface area (Å²) >= 11 is 0. The molecule has 0 aliphatic carbocycles. The highest BCUT2D eigenvalue weighted by Gasteiger charge is 2.37. The molecule has 3 N–H and O–H groups in total. The number of aromatic amines is 2. The molecule has 10 nitrogen and oxygen atoms in total. The van der Waals surface area contributed by atoms with Crippen molar-refractivity contribution in [1.29, 1.82) is 0 Å². The summed E-state index contributed by atoms with van der Waals surface area (Å²) in [6, 6.07) is 6.09. The number of nitrogens with one attached hydrogen (secondary N) is 3. The fourth-order valence-electron chi connectivity index (χ4n) is 8.07. The molecule has 2 atom stereocenters. The maximum atomic E-state index is 14.7. The SMILES string of the molecule is C=Cc1c(C)c2cc3nc(c(C(=O)NCCCCCCCCCC)c4nc(cc5[nH]c(cc1[nH]2)c(C)c5CC)C(C)=C4C(=O)OC)[C@@H](CCC(=O)OC)[C@@H]3C. The Labute approximate surface area is 325 Å². The normalized spacial score (nSPS) is 15.3. The first-order valence-corrected chi connectivity index (χ1v) is 20.0. The average Bonchev–Trinajstić information content (AvgIpc) is 3.85. The van der Waals surface area contributed by atoms with Gasteiger partial charge in [0.2, 0.25) is 0 Å². The molecule has 3 aromatic rings. The number of allylic oxidation sites excluding steroid dienone is 1. The molecule has 8 bridgehead atoms. The zero-order valence-electron chi connectivity index (χ0n) is 34.1. The van der Waals surface area contributed by atoms with Gasteiger partial charge in [-0.1, -0.05) is 78.4 Å². The van der Waals surface area contributed by atoms with Crippen molar-refractivity contribution in [3.05, 3.63) is 75.4 Å². The monoisotopic (exact) mass is 749 g/mol. The van der Waals surface area contributed by atoms with Crippen LogP contribution in [0.25, 0.3) is 39.3 Å². The summed E-state index contributed by atoms with van der Waals surface area (Å²) in [6.07, 6.45) is 12.3. The molecule has 3 aromatic heterocycles. The van der Waals surface area contributed by atoms with Crippen molar-refractivity contribution in [1.82, 2.24) is 25.3 Å². The van der Waals surface area contributed by atoms with Gasteiger partial charge in [0.25, 0.3) is 5.91 Å². The molecule has 0 fully saturated rings. The van der Waals surface area contributed by atoms with E-state index in [0.29, 0.717) is 29.9 Å². The van der Waals surface area contributed by atoms with E-state index in [-0.39, 0.29) is 47.0 Å². The molecule has 0 unspecified atom stereocenters. The number of fused-ring (bicyclic) bond motifs is 8. The number of esters is 2. The number of aryl methyl sites for hydroxylation is 3. The molecule has 0 aromatic carbocycles. The van der Waals surface area contributed by atoms with E-state index >= 15 is 0 Å². The largest absolute Gasteiger partial charge is 0.469 e. The zero-order chi connectivity index (χ0) is 39.8. The number of nitrogens with zero attached hydrogens (tertiary/aromatic N) is 2. The molecule has 0 saturated heterocycles. The molecule has 2 aliphatic rings. The highest BCUT2D eigenvalue weighted by molar-refractivity contribution is 6.27. The number of aromatic nitrogens is 4. The number of rotatable bonds is 16. The second-order valence-corrected chi connectivity index (χ2v) is 14.9. The van der Waals surface area contributed by atoms with Gasteiger partial charge in [-0.3, -0.25) is 14.6 Å².